The van der Waals surface area contributed by atoms with Crippen LogP contribution in [-0.2, 0) is 19.2 Å². The van der Waals surface area contributed by atoms with Crippen LogP contribution in [0.2, 0.25) is 0 Å². The van der Waals surface area contributed by atoms with E-state index in [1.54, 1.807) is 18.8 Å². The first-order chi connectivity index (χ1) is 13.5. The van der Waals surface area contributed by atoms with Crippen LogP contribution >= 0.6 is 11.8 Å². The first-order valence-electron chi connectivity index (χ1n) is 10.4. The smallest absolute Gasteiger partial charge is 0.240 e. The summed E-state index contributed by atoms with van der Waals surface area (Å²) in [5.41, 5.74) is 5.41. The zero-order valence-electron chi connectivity index (χ0n) is 18.7. The average molecular weight is 428 g/mol. The fraction of sp³-hybridized carbons (Fsp3) is 0.810. The molecule has 1 fully saturated rings. The molecule has 4 amide bonds. The Labute approximate surface area is 179 Å². The summed E-state index contributed by atoms with van der Waals surface area (Å²) in [6.07, 6.45) is 5.48. The van der Waals surface area contributed by atoms with Gasteiger partial charge in [-0.25, -0.2) is 0 Å². The van der Waals surface area contributed by atoms with Crippen molar-refractivity contribution in [2.45, 2.75) is 77.0 Å². The third-order valence-corrected chi connectivity index (χ3v) is 7.66. The van der Waals surface area contributed by atoms with Gasteiger partial charge in [-0.15, -0.1) is 0 Å². The van der Waals surface area contributed by atoms with Crippen LogP contribution in [0.5, 0.6) is 0 Å². The van der Waals surface area contributed by atoms with Crippen molar-refractivity contribution in [2.75, 3.05) is 19.8 Å². The normalized spacial score (nSPS) is 20.1. The molecular formula is C21H37N3O4S. The number of hydrogen-bond donors (Lipinski definition) is 1. The van der Waals surface area contributed by atoms with Crippen LogP contribution in [-0.4, -0.2) is 64.1 Å². The molecular weight excluding hydrogens is 390 g/mol. The van der Waals surface area contributed by atoms with Gasteiger partial charge >= 0.3 is 0 Å². The van der Waals surface area contributed by atoms with Crippen molar-refractivity contribution >= 4 is 35.4 Å². The Morgan fingerprint density at radius 3 is 2.38 bits per heavy atom. The van der Waals surface area contributed by atoms with Gasteiger partial charge in [0.15, 0.2) is 0 Å². The number of primary amides is 1. The van der Waals surface area contributed by atoms with Crippen molar-refractivity contribution in [3.05, 3.63) is 0 Å². The fourth-order valence-corrected chi connectivity index (χ4v) is 4.71. The van der Waals surface area contributed by atoms with E-state index in [-0.39, 0.29) is 40.7 Å². The second kappa shape index (κ2) is 11.0. The lowest BCUT2D eigenvalue weighted by molar-refractivity contribution is -0.140. The summed E-state index contributed by atoms with van der Waals surface area (Å²) in [6, 6.07) is -0.608. The summed E-state index contributed by atoms with van der Waals surface area (Å²) < 4.78 is -0.216. The number of nitrogens with two attached hydrogens (primary N) is 1. The Balaban J connectivity index is 2.47. The number of likely N-dealkylation sites (N-methyl/N-ethyl adjacent to an activating group) is 1. The molecule has 1 aliphatic rings. The number of thioether (sulfide) groups is 1. The van der Waals surface area contributed by atoms with E-state index >= 15 is 0 Å². The molecule has 1 aliphatic heterocycles. The third kappa shape index (κ3) is 6.20. The van der Waals surface area contributed by atoms with Crippen molar-refractivity contribution in [3.8, 4) is 0 Å². The molecule has 0 spiro atoms. The quantitative estimate of drug-likeness (QED) is 0.381. The van der Waals surface area contributed by atoms with Crippen LogP contribution < -0.4 is 5.73 Å². The molecule has 0 aromatic rings. The summed E-state index contributed by atoms with van der Waals surface area (Å²) in [5.74, 6) is -1.07. The minimum atomic E-state index is -0.608. The van der Waals surface area contributed by atoms with Crippen molar-refractivity contribution in [2.24, 2.45) is 17.6 Å². The van der Waals surface area contributed by atoms with E-state index in [1.807, 2.05) is 27.0 Å². The van der Waals surface area contributed by atoms with Crippen molar-refractivity contribution in [1.29, 1.82) is 0 Å². The number of likely N-dealkylation sites (tertiary alicyclic amines) is 1. The first kappa shape index (κ1) is 25.5. The van der Waals surface area contributed by atoms with Crippen LogP contribution in [0.25, 0.3) is 0 Å². The zero-order chi connectivity index (χ0) is 22.4. The molecule has 0 radical (unpaired) electrons. The number of amides is 4. The highest BCUT2D eigenvalue weighted by atomic mass is 32.2. The monoisotopic (exact) mass is 427 g/mol. The molecule has 0 saturated carbocycles. The van der Waals surface area contributed by atoms with E-state index in [2.05, 4.69) is 6.92 Å². The highest BCUT2D eigenvalue weighted by Gasteiger charge is 2.47. The molecule has 0 aliphatic carbocycles. The van der Waals surface area contributed by atoms with E-state index in [1.165, 1.54) is 9.80 Å². The Kier molecular flexibility index (Phi) is 9.65. The molecule has 2 N–H and O–H groups in total. The van der Waals surface area contributed by atoms with Crippen LogP contribution in [0.1, 0.15) is 66.2 Å². The number of imide groups is 1. The van der Waals surface area contributed by atoms with Gasteiger partial charge in [0.1, 0.15) is 6.04 Å². The Bertz CT molecular complexity index is 619. The largest absolute Gasteiger partial charge is 0.368 e. The van der Waals surface area contributed by atoms with Gasteiger partial charge < -0.3 is 10.6 Å². The van der Waals surface area contributed by atoms with E-state index in [0.717, 1.165) is 12.8 Å². The molecule has 0 bridgehead atoms. The molecule has 29 heavy (non-hydrogen) atoms. The van der Waals surface area contributed by atoms with E-state index in [4.69, 9.17) is 5.73 Å². The summed E-state index contributed by atoms with van der Waals surface area (Å²) in [4.78, 5) is 51.8. The molecule has 7 nitrogen and oxygen atoms in total. The molecule has 2 unspecified atom stereocenters. The number of rotatable bonds is 12. The second-order valence-electron chi connectivity index (χ2n) is 8.42. The molecule has 1 saturated heterocycles. The lowest BCUT2D eigenvalue weighted by Gasteiger charge is -2.31. The topological polar surface area (TPSA) is 101 Å². The summed E-state index contributed by atoms with van der Waals surface area (Å²) in [6.45, 7) is 8.22. The van der Waals surface area contributed by atoms with Gasteiger partial charge in [-0.2, -0.15) is 11.8 Å². The first-order valence-corrected chi connectivity index (χ1v) is 11.7. The number of nitrogens with zero attached hydrogens (tertiary/aromatic N) is 2. The van der Waals surface area contributed by atoms with Crippen molar-refractivity contribution in [1.82, 2.24) is 9.80 Å². The average Bonchev–Trinajstić information content (AvgIpc) is 2.94. The highest BCUT2D eigenvalue weighted by Crippen LogP contribution is 2.40. The maximum atomic E-state index is 12.7. The minimum absolute atomic E-state index is 0.0447. The SMILES string of the molecule is CCC(C)(SC)C1CC(=O)N(CCCCCC(=O)N(C)[C@H](C(N)=O)C(C)C)C1=O. The fourth-order valence-electron chi connectivity index (χ4n) is 3.95. The summed E-state index contributed by atoms with van der Waals surface area (Å²) >= 11 is 1.65. The van der Waals surface area contributed by atoms with Crippen LogP contribution in [0.4, 0.5) is 0 Å². The van der Waals surface area contributed by atoms with Crippen LogP contribution in [0, 0.1) is 11.8 Å². The maximum absolute atomic E-state index is 12.7. The predicted molar refractivity (Wildman–Crippen MR) is 116 cm³/mol. The Morgan fingerprint density at radius 1 is 1.28 bits per heavy atom. The van der Waals surface area contributed by atoms with E-state index in [9.17, 15) is 19.2 Å². The molecule has 3 atom stereocenters. The van der Waals surface area contributed by atoms with Crippen LogP contribution in [0.3, 0.4) is 0 Å². The van der Waals surface area contributed by atoms with Gasteiger partial charge in [-0.3, -0.25) is 24.1 Å². The Morgan fingerprint density at radius 2 is 1.90 bits per heavy atom. The zero-order valence-corrected chi connectivity index (χ0v) is 19.5. The van der Waals surface area contributed by atoms with Crippen molar-refractivity contribution < 1.29 is 19.2 Å². The van der Waals surface area contributed by atoms with Gasteiger partial charge in [-0.05, 0) is 38.4 Å². The van der Waals surface area contributed by atoms with Gasteiger partial charge in [-0.1, -0.05) is 27.2 Å². The van der Waals surface area contributed by atoms with Gasteiger partial charge in [0, 0.05) is 31.2 Å². The van der Waals surface area contributed by atoms with Crippen molar-refractivity contribution in [3.63, 3.8) is 0 Å². The Hall–Kier alpha value is -1.57. The van der Waals surface area contributed by atoms with Gasteiger partial charge in [0.05, 0.1) is 5.92 Å². The predicted octanol–water partition coefficient (Wildman–Crippen LogP) is 2.42. The number of carbonyl (C=O) groups excluding carboxylic acids is 4. The van der Waals surface area contributed by atoms with E-state index in [0.29, 0.717) is 25.8 Å². The standard InChI is InChI=1S/C21H37N3O4S/c1-7-21(4,29-6)15-13-17(26)24(20(15)28)12-10-8-9-11-16(25)23(5)18(14(2)3)19(22)27/h14-15,18H,7-13H2,1-6H3,(H2,22,27)/t15?,18-,21?/m0/s1. The molecule has 0 aromatic carbocycles. The molecule has 1 rings (SSSR count). The lowest BCUT2D eigenvalue weighted by atomic mass is 9.89. The molecule has 166 valence electrons. The number of unbranched alkanes of at least 4 members (excludes halogenated alkanes) is 2. The lowest BCUT2D eigenvalue weighted by Crippen LogP contribution is -2.48. The van der Waals surface area contributed by atoms with Gasteiger partial charge in [0.25, 0.3) is 0 Å². The number of hydrogen-bond acceptors (Lipinski definition) is 5. The maximum Gasteiger partial charge on any atom is 0.240 e. The molecule has 8 heteroatoms. The summed E-state index contributed by atoms with van der Waals surface area (Å²) in [7, 11) is 1.61. The highest BCUT2D eigenvalue weighted by molar-refractivity contribution is 8.00. The molecule has 0 aromatic heterocycles. The number of carbonyl (C=O) groups is 4. The minimum Gasteiger partial charge on any atom is -0.368 e. The second-order valence-corrected chi connectivity index (χ2v) is 9.76. The van der Waals surface area contributed by atoms with Gasteiger partial charge in [0.2, 0.25) is 23.6 Å². The third-order valence-electron chi connectivity index (χ3n) is 6.16. The molecule has 1 heterocycles. The summed E-state index contributed by atoms with van der Waals surface area (Å²) in [5, 5.41) is 0. The van der Waals surface area contributed by atoms with E-state index < -0.39 is 11.9 Å². The van der Waals surface area contributed by atoms with Crippen LogP contribution in [0.15, 0.2) is 0 Å².